The van der Waals surface area contributed by atoms with E-state index in [1.54, 1.807) is 21.3 Å². The molecule has 0 aliphatic carbocycles. The van der Waals surface area contributed by atoms with Crippen molar-refractivity contribution in [1.82, 2.24) is 5.32 Å². The Labute approximate surface area is 118 Å². The summed E-state index contributed by atoms with van der Waals surface area (Å²) in [5, 5.41) is 4.11. The van der Waals surface area contributed by atoms with Crippen LogP contribution < -0.4 is 19.5 Å². The summed E-state index contributed by atoms with van der Waals surface area (Å²) in [6.45, 7) is 2.10. The van der Waals surface area contributed by atoms with Crippen molar-refractivity contribution in [3.8, 4) is 17.2 Å². The molecule has 1 N–H and O–H groups in total. The molecule has 1 aromatic heterocycles. The quantitative estimate of drug-likeness (QED) is 0.880. The molecule has 2 aromatic rings. The molecule has 0 fully saturated rings. The largest absolute Gasteiger partial charge is 0.493 e. The predicted molar refractivity (Wildman–Crippen MR) is 78.0 cm³/mol. The standard InChI is InChI=1S/C15H21NO4/c1-6-10(16-2)12-7-9-11(20-12)8-13(17-3)15(19-5)14(9)18-4/h7-8,10,16H,6H2,1-5H3. The first-order valence-electron chi connectivity index (χ1n) is 6.59. The van der Waals surface area contributed by atoms with E-state index in [0.29, 0.717) is 17.2 Å². The summed E-state index contributed by atoms with van der Waals surface area (Å²) in [5.74, 6) is 2.67. The van der Waals surface area contributed by atoms with E-state index in [-0.39, 0.29) is 6.04 Å². The third kappa shape index (κ3) is 2.29. The molecule has 5 nitrogen and oxygen atoms in total. The van der Waals surface area contributed by atoms with E-state index >= 15 is 0 Å². The lowest BCUT2D eigenvalue weighted by atomic mass is 10.1. The van der Waals surface area contributed by atoms with Crippen LogP contribution in [0.2, 0.25) is 0 Å². The molecule has 0 saturated carbocycles. The number of rotatable bonds is 6. The molecule has 0 aliphatic rings. The van der Waals surface area contributed by atoms with Crippen LogP contribution in [0.1, 0.15) is 25.1 Å². The van der Waals surface area contributed by atoms with Gasteiger partial charge in [-0.1, -0.05) is 6.92 Å². The van der Waals surface area contributed by atoms with E-state index < -0.39 is 0 Å². The second kappa shape index (κ2) is 6.05. The van der Waals surface area contributed by atoms with Crippen molar-refractivity contribution < 1.29 is 18.6 Å². The molecule has 0 bridgehead atoms. The third-order valence-electron chi connectivity index (χ3n) is 3.45. The summed E-state index contributed by atoms with van der Waals surface area (Å²) in [4.78, 5) is 0. The first-order valence-corrected chi connectivity index (χ1v) is 6.59. The molecule has 1 aromatic carbocycles. The van der Waals surface area contributed by atoms with E-state index in [2.05, 4.69) is 12.2 Å². The fraction of sp³-hybridized carbons (Fsp3) is 0.467. The Bertz CT molecular complexity index is 587. The SMILES string of the molecule is CCC(NC)c1cc2c(OC)c(OC)c(OC)cc2o1. The average molecular weight is 279 g/mol. The monoisotopic (exact) mass is 279 g/mol. The van der Waals surface area contributed by atoms with Crippen molar-refractivity contribution >= 4 is 11.0 Å². The average Bonchev–Trinajstić information content (AvgIpc) is 2.89. The lowest BCUT2D eigenvalue weighted by Gasteiger charge is -2.12. The maximum atomic E-state index is 5.92. The number of furan rings is 1. The van der Waals surface area contributed by atoms with E-state index in [1.807, 2.05) is 19.2 Å². The Hall–Kier alpha value is -1.88. The van der Waals surface area contributed by atoms with E-state index in [0.717, 1.165) is 23.2 Å². The molecule has 0 saturated heterocycles. The topological polar surface area (TPSA) is 52.9 Å². The summed E-state index contributed by atoms with van der Waals surface area (Å²) >= 11 is 0. The van der Waals surface area contributed by atoms with Crippen LogP contribution in [0.3, 0.4) is 0 Å². The maximum absolute atomic E-state index is 5.92. The molecule has 0 radical (unpaired) electrons. The van der Waals surface area contributed by atoms with Crippen LogP contribution in [0.4, 0.5) is 0 Å². The number of benzene rings is 1. The Balaban J connectivity index is 2.66. The van der Waals surface area contributed by atoms with Crippen molar-refractivity contribution in [3.05, 3.63) is 17.9 Å². The van der Waals surface area contributed by atoms with Gasteiger partial charge < -0.3 is 23.9 Å². The number of ether oxygens (including phenoxy) is 3. The summed E-state index contributed by atoms with van der Waals surface area (Å²) in [5.41, 5.74) is 0.725. The van der Waals surface area contributed by atoms with Crippen LogP contribution in [0, 0.1) is 0 Å². The van der Waals surface area contributed by atoms with Gasteiger partial charge in [0, 0.05) is 6.07 Å². The highest BCUT2D eigenvalue weighted by atomic mass is 16.5. The van der Waals surface area contributed by atoms with Gasteiger partial charge in [0.1, 0.15) is 11.3 Å². The van der Waals surface area contributed by atoms with Gasteiger partial charge in [-0.25, -0.2) is 0 Å². The molecule has 2 rings (SSSR count). The summed E-state index contributed by atoms with van der Waals surface area (Å²) in [7, 11) is 6.71. The van der Waals surface area contributed by atoms with Gasteiger partial charge in [0.05, 0.1) is 32.8 Å². The fourth-order valence-electron chi connectivity index (χ4n) is 2.40. The van der Waals surface area contributed by atoms with Gasteiger partial charge in [-0.05, 0) is 19.5 Å². The van der Waals surface area contributed by atoms with Gasteiger partial charge in [-0.2, -0.15) is 0 Å². The zero-order valence-electron chi connectivity index (χ0n) is 12.6. The highest BCUT2D eigenvalue weighted by molar-refractivity contribution is 5.90. The normalized spacial score (nSPS) is 12.4. The minimum atomic E-state index is 0.170. The van der Waals surface area contributed by atoms with Gasteiger partial charge in [0.2, 0.25) is 5.75 Å². The van der Waals surface area contributed by atoms with Crippen LogP contribution in [-0.4, -0.2) is 28.4 Å². The Morgan fingerprint density at radius 1 is 1.10 bits per heavy atom. The first kappa shape index (κ1) is 14.5. The number of hydrogen-bond acceptors (Lipinski definition) is 5. The molecule has 1 heterocycles. The molecule has 0 spiro atoms. The van der Waals surface area contributed by atoms with Gasteiger partial charge in [-0.3, -0.25) is 0 Å². The zero-order chi connectivity index (χ0) is 14.7. The number of methoxy groups -OCH3 is 3. The van der Waals surface area contributed by atoms with Crippen molar-refractivity contribution in [2.45, 2.75) is 19.4 Å². The van der Waals surface area contributed by atoms with E-state index in [4.69, 9.17) is 18.6 Å². The molecule has 110 valence electrons. The second-order valence-corrected chi connectivity index (χ2v) is 4.46. The molecule has 1 atom stereocenters. The van der Waals surface area contributed by atoms with Gasteiger partial charge in [-0.15, -0.1) is 0 Å². The smallest absolute Gasteiger partial charge is 0.204 e. The van der Waals surface area contributed by atoms with Crippen LogP contribution in [0.5, 0.6) is 17.2 Å². The second-order valence-electron chi connectivity index (χ2n) is 4.46. The van der Waals surface area contributed by atoms with Crippen molar-refractivity contribution in [3.63, 3.8) is 0 Å². The number of nitrogens with one attached hydrogen (secondary N) is 1. The fourth-order valence-corrected chi connectivity index (χ4v) is 2.40. The zero-order valence-corrected chi connectivity index (χ0v) is 12.6. The van der Waals surface area contributed by atoms with Crippen molar-refractivity contribution in [2.24, 2.45) is 0 Å². The molecular weight excluding hydrogens is 258 g/mol. The summed E-state index contributed by atoms with van der Waals surface area (Å²) in [6, 6.07) is 3.98. The lowest BCUT2D eigenvalue weighted by molar-refractivity contribution is 0.326. The molecule has 20 heavy (non-hydrogen) atoms. The van der Waals surface area contributed by atoms with Gasteiger partial charge in [0.25, 0.3) is 0 Å². The minimum absolute atomic E-state index is 0.170. The first-order chi connectivity index (χ1) is 9.69. The Kier molecular flexibility index (Phi) is 4.39. The van der Waals surface area contributed by atoms with Gasteiger partial charge >= 0.3 is 0 Å². The molecule has 0 aliphatic heterocycles. The van der Waals surface area contributed by atoms with Crippen molar-refractivity contribution in [1.29, 1.82) is 0 Å². The highest BCUT2D eigenvalue weighted by Crippen LogP contribution is 2.45. The minimum Gasteiger partial charge on any atom is -0.493 e. The van der Waals surface area contributed by atoms with Crippen LogP contribution in [0.15, 0.2) is 16.5 Å². The van der Waals surface area contributed by atoms with Crippen LogP contribution >= 0.6 is 0 Å². The summed E-state index contributed by atoms with van der Waals surface area (Å²) < 4.78 is 22.1. The Morgan fingerprint density at radius 2 is 1.80 bits per heavy atom. The predicted octanol–water partition coefficient (Wildman–Crippen LogP) is 3.13. The number of fused-ring (bicyclic) bond motifs is 1. The highest BCUT2D eigenvalue weighted by Gasteiger charge is 2.21. The maximum Gasteiger partial charge on any atom is 0.204 e. The molecule has 5 heteroatoms. The van der Waals surface area contributed by atoms with Crippen molar-refractivity contribution in [2.75, 3.05) is 28.4 Å². The number of hydrogen-bond donors (Lipinski definition) is 1. The molecular formula is C15H21NO4. The van der Waals surface area contributed by atoms with Crippen LogP contribution in [-0.2, 0) is 0 Å². The Morgan fingerprint density at radius 3 is 2.30 bits per heavy atom. The van der Waals surface area contributed by atoms with Gasteiger partial charge in [0.15, 0.2) is 11.5 Å². The third-order valence-corrected chi connectivity index (χ3v) is 3.45. The molecule has 0 amide bonds. The van der Waals surface area contributed by atoms with E-state index in [1.165, 1.54) is 0 Å². The van der Waals surface area contributed by atoms with E-state index in [9.17, 15) is 0 Å². The summed E-state index contributed by atoms with van der Waals surface area (Å²) in [6.07, 6.45) is 0.937. The van der Waals surface area contributed by atoms with Crippen LogP contribution in [0.25, 0.3) is 11.0 Å². The molecule has 1 unspecified atom stereocenters. The lowest BCUT2D eigenvalue weighted by Crippen LogP contribution is -2.14.